The Kier molecular flexibility index (Phi) is 6.77. The average molecular weight is 419 g/mol. The Balaban J connectivity index is 0.00000392. The molecule has 1 aliphatic heterocycles. The first-order valence-corrected chi connectivity index (χ1v) is 9.49. The number of carbonyl (C=O) groups is 3. The Hall–Kier alpha value is -1.50. The lowest BCUT2D eigenvalue weighted by Gasteiger charge is -2.37. The van der Waals surface area contributed by atoms with Gasteiger partial charge in [0.05, 0.1) is 7.11 Å². The van der Waals surface area contributed by atoms with E-state index in [-0.39, 0.29) is 35.6 Å². The van der Waals surface area contributed by atoms with Gasteiger partial charge in [0.2, 0.25) is 5.91 Å². The minimum absolute atomic E-state index is 0. The fraction of sp³-hybridized carbons (Fsp3) is 0.850. The van der Waals surface area contributed by atoms with Crippen molar-refractivity contribution in [2.24, 2.45) is 22.7 Å². The molecule has 0 spiro atoms. The van der Waals surface area contributed by atoms with Crippen molar-refractivity contribution in [3.63, 3.8) is 0 Å². The third-order valence-corrected chi connectivity index (χ3v) is 5.71. The molecule has 0 aromatic heterocycles. The summed E-state index contributed by atoms with van der Waals surface area (Å²) in [5.41, 5.74) is -1.19. The zero-order chi connectivity index (χ0) is 20.9. The van der Waals surface area contributed by atoms with Crippen molar-refractivity contribution in [1.82, 2.24) is 10.2 Å². The second kappa shape index (κ2) is 7.73. The topological polar surface area (TPSA) is 84.9 Å². The molecule has 0 aromatic carbocycles. The number of nitrogens with zero attached hydrogens (tertiary/aromatic N) is 1. The lowest BCUT2D eigenvalue weighted by atomic mass is 9.85. The molecule has 2 fully saturated rings. The van der Waals surface area contributed by atoms with Crippen LogP contribution in [0.5, 0.6) is 0 Å². The number of halogens is 1. The monoisotopic (exact) mass is 418 g/mol. The molecule has 4 atom stereocenters. The molecule has 0 bridgehead atoms. The molecule has 1 saturated carbocycles. The number of esters is 1. The van der Waals surface area contributed by atoms with Crippen molar-refractivity contribution >= 4 is 30.4 Å². The molecule has 0 unspecified atom stereocenters. The number of carbonyl (C=O) groups excluding carboxylic acids is 3. The first kappa shape index (κ1) is 24.5. The normalized spacial score (nSPS) is 26.5. The maximum Gasteiger partial charge on any atom is 0.408 e. The van der Waals surface area contributed by atoms with E-state index in [1.165, 1.54) is 7.11 Å². The van der Waals surface area contributed by atoms with E-state index in [2.05, 4.69) is 19.2 Å². The van der Waals surface area contributed by atoms with E-state index in [9.17, 15) is 14.4 Å². The summed E-state index contributed by atoms with van der Waals surface area (Å²) in [5.74, 6) is -0.304. The quantitative estimate of drug-likeness (QED) is 0.712. The molecule has 2 rings (SSSR count). The van der Waals surface area contributed by atoms with Crippen LogP contribution >= 0.6 is 12.4 Å². The lowest BCUT2D eigenvalue weighted by molar-refractivity contribution is -0.154. The first-order chi connectivity index (χ1) is 12.1. The number of rotatable bonds is 3. The van der Waals surface area contributed by atoms with E-state index in [1.807, 2.05) is 20.8 Å². The number of hydrogen-bond acceptors (Lipinski definition) is 5. The first-order valence-electron chi connectivity index (χ1n) is 9.49. The largest absolute Gasteiger partial charge is 0.467 e. The number of piperidine rings is 1. The van der Waals surface area contributed by atoms with Gasteiger partial charge in [0.25, 0.3) is 0 Å². The number of methoxy groups -OCH3 is 1. The SMILES string of the molecule is COC(=O)[C@@H]1[C@@H]2[C@H](CN1C(=O)[C@@H](NC(=O)OC(C)(C)C)C(C)(C)C)C2(C)C.Cl. The fourth-order valence-corrected chi connectivity index (χ4v) is 4.14. The van der Waals surface area contributed by atoms with Crippen molar-refractivity contribution in [2.45, 2.75) is 73.1 Å². The van der Waals surface area contributed by atoms with Gasteiger partial charge < -0.3 is 19.7 Å². The average Bonchev–Trinajstić information content (AvgIpc) is 2.85. The highest BCUT2D eigenvalue weighted by Gasteiger charge is 2.70. The molecule has 0 aromatic rings. The van der Waals surface area contributed by atoms with Crippen LogP contribution in [0.15, 0.2) is 0 Å². The van der Waals surface area contributed by atoms with Crippen LogP contribution in [0.4, 0.5) is 4.79 Å². The summed E-state index contributed by atoms with van der Waals surface area (Å²) in [6.07, 6.45) is -0.643. The predicted octanol–water partition coefficient (Wildman–Crippen LogP) is 3.00. The van der Waals surface area contributed by atoms with Crippen LogP contribution in [0.3, 0.4) is 0 Å². The maximum atomic E-state index is 13.3. The molecule has 1 saturated heterocycles. The molecule has 2 aliphatic rings. The molecule has 0 radical (unpaired) electrons. The van der Waals surface area contributed by atoms with Crippen molar-refractivity contribution in [3.8, 4) is 0 Å². The summed E-state index contributed by atoms with van der Waals surface area (Å²) in [6, 6.07) is -1.41. The summed E-state index contributed by atoms with van der Waals surface area (Å²) in [6.45, 7) is 15.7. The number of ether oxygens (including phenoxy) is 2. The summed E-state index contributed by atoms with van der Waals surface area (Å²) in [5, 5.41) is 2.71. The van der Waals surface area contributed by atoms with E-state index >= 15 is 0 Å². The molecule has 2 amide bonds. The van der Waals surface area contributed by atoms with Gasteiger partial charge in [-0.1, -0.05) is 34.6 Å². The van der Waals surface area contributed by atoms with Gasteiger partial charge in [-0.25, -0.2) is 9.59 Å². The smallest absolute Gasteiger partial charge is 0.408 e. The van der Waals surface area contributed by atoms with E-state index in [0.29, 0.717) is 6.54 Å². The Morgan fingerprint density at radius 3 is 2.07 bits per heavy atom. The zero-order valence-corrected chi connectivity index (χ0v) is 19.2. The van der Waals surface area contributed by atoms with Gasteiger partial charge in [-0.15, -0.1) is 12.4 Å². The third-order valence-electron chi connectivity index (χ3n) is 5.71. The van der Waals surface area contributed by atoms with E-state index in [4.69, 9.17) is 9.47 Å². The Bertz CT molecular complexity index is 635. The molecule has 7 nitrogen and oxygen atoms in total. The highest BCUT2D eigenvalue weighted by atomic mass is 35.5. The van der Waals surface area contributed by atoms with Crippen molar-refractivity contribution in [2.75, 3.05) is 13.7 Å². The number of alkyl carbamates (subject to hydrolysis) is 1. The molecule has 1 N–H and O–H groups in total. The minimum Gasteiger partial charge on any atom is -0.467 e. The van der Waals surface area contributed by atoms with Gasteiger partial charge >= 0.3 is 12.1 Å². The maximum absolute atomic E-state index is 13.3. The van der Waals surface area contributed by atoms with Crippen LogP contribution in [0.25, 0.3) is 0 Å². The standard InChI is InChI=1S/C20H34N2O5.ClH/c1-18(2,3)14(21-17(25)27-19(4,5)6)15(23)22-10-11-12(20(11,7)8)13(22)16(24)26-9;/h11-14H,10H2,1-9H3,(H,21,25);1H/t11-,12-,13-,14+;/m0./s1. The Morgan fingerprint density at radius 2 is 1.64 bits per heavy atom. The Labute approximate surface area is 174 Å². The highest BCUT2D eigenvalue weighted by molar-refractivity contribution is 5.91. The molecule has 8 heteroatoms. The van der Waals surface area contributed by atoms with Crippen molar-refractivity contribution in [3.05, 3.63) is 0 Å². The van der Waals surface area contributed by atoms with Gasteiger partial charge in [0.15, 0.2) is 0 Å². The molecular weight excluding hydrogens is 384 g/mol. The van der Waals surface area contributed by atoms with Crippen LogP contribution < -0.4 is 5.32 Å². The number of nitrogens with one attached hydrogen (secondary N) is 1. The van der Waals surface area contributed by atoms with E-state index in [1.54, 1.807) is 25.7 Å². The number of likely N-dealkylation sites (tertiary alicyclic amines) is 1. The summed E-state index contributed by atoms with van der Waals surface area (Å²) in [7, 11) is 1.34. The highest BCUT2D eigenvalue weighted by Crippen LogP contribution is 2.65. The molecule has 1 heterocycles. The predicted molar refractivity (Wildman–Crippen MR) is 108 cm³/mol. The minimum atomic E-state index is -0.805. The van der Waals surface area contributed by atoms with Crippen LogP contribution in [-0.2, 0) is 19.1 Å². The summed E-state index contributed by atoms with van der Waals surface area (Å²) >= 11 is 0. The molecule has 162 valence electrons. The molecule has 1 aliphatic carbocycles. The molecular formula is C20H35ClN2O5. The van der Waals surface area contributed by atoms with E-state index in [0.717, 1.165) is 0 Å². The second-order valence-corrected chi connectivity index (χ2v) is 10.4. The third kappa shape index (κ3) is 4.73. The van der Waals surface area contributed by atoms with Gasteiger partial charge in [-0.2, -0.15) is 0 Å². The second-order valence-electron chi connectivity index (χ2n) is 10.4. The lowest BCUT2D eigenvalue weighted by Crippen LogP contribution is -2.58. The zero-order valence-electron chi connectivity index (χ0n) is 18.4. The number of fused-ring (bicyclic) bond motifs is 1. The van der Waals surface area contributed by atoms with Gasteiger partial charge in [-0.05, 0) is 37.5 Å². The number of hydrogen-bond donors (Lipinski definition) is 1. The Morgan fingerprint density at radius 1 is 1.11 bits per heavy atom. The van der Waals surface area contributed by atoms with Crippen LogP contribution in [-0.4, -0.2) is 54.2 Å². The fourth-order valence-electron chi connectivity index (χ4n) is 4.14. The van der Waals surface area contributed by atoms with Gasteiger partial charge in [0, 0.05) is 12.5 Å². The van der Waals surface area contributed by atoms with Gasteiger partial charge in [-0.3, -0.25) is 4.79 Å². The van der Waals surface area contributed by atoms with Crippen molar-refractivity contribution in [1.29, 1.82) is 0 Å². The van der Waals surface area contributed by atoms with Crippen molar-refractivity contribution < 1.29 is 23.9 Å². The van der Waals surface area contributed by atoms with Crippen LogP contribution in [0.1, 0.15) is 55.4 Å². The van der Waals surface area contributed by atoms with Crippen LogP contribution in [0.2, 0.25) is 0 Å². The summed E-state index contributed by atoms with van der Waals surface area (Å²) < 4.78 is 10.3. The van der Waals surface area contributed by atoms with Crippen LogP contribution in [0, 0.1) is 22.7 Å². The molecule has 28 heavy (non-hydrogen) atoms. The van der Waals surface area contributed by atoms with Gasteiger partial charge in [0.1, 0.15) is 17.7 Å². The summed E-state index contributed by atoms with van der Waals surface area (Å²) in [4.78, 5) is 39.6. The number of amides is 2. The van der Waals surface area contributed by atoms with E-state index < -0.39 is 35.2 Å².